The zero-order valence-corrected chi connectivity index (χ0v) is 16.8. The fourth-order valence-electron chi connectivity index (χ4n) is 3.55. The van der Waals surface area contributed by atoms with E-state index >= 15 is 0 Å². The third kappa shape index (κ3) is 3.87. The summed E-state index contributed by atoms with van der Waals surface area (Å²) in [5, 5.41) is 2.91. The van der Waals surface area contributed by atoms with Gasteiger partial charge >= 0.3 is 0 Å². The van der Waals surface area contributed by atoms with E-state index in [1.54, 1.807) is 42.3 Å². The van der Waals surface area contributed by atoms with Crippen LogP contribution in [-0.4, -0.2) is 37.5 Å². The number of ether oxygens (including phenoxy) is 2. The molecule has 0 aliphatic carbocycles. The van der Waals surface area contributed by atoms with Crippen LogP contribution in [0.5, 0.6) is 11.5 Å². The lowest BCUT2D eigenvalue weighted by molar-refractivity contribution is 0.0702. The summed E-state index contributed by atoms with van der Waals surface area (Å²) in [6.07, 6.45) is 2.24. The average Bonchev–Trinajstić information content (AvgIpc) is 3.32. The summed E-state index contributed by atoms with van der Waals surface area (Å²) >= 11 is 0. The Morgan fingerprint density at radius 3 is 2.63 bits per heavy atom. The van der Waals surface area contributed by atoms with E-state index in [1.807, 2.05) is 18.2 Å². The van der Waals surface area contributed by atoms with Crippen LogP contribution in [0.25, 0.3) is 0 Å². The van der Waals surface area contributed by atoms with E-state index < -0.39 is 0 Å². The number of nitrogens with one attached hydrogen (secondary N) is 1. The summed E-state index contributed by atoms with van der Waals surface area (Å²) in [4.78, 5) is 27.1. The highest BCUT2D eigenvalue weighted by molar-refractivity contribution is 6.06. The van der Waals surface area contributed by atoms with Crippen molar-refractivity contribution in [1.82, 2.24) is 4.90 Å². The van der Waals surface area contributed by atoms with Gasteiger partial charge in [0.2, 0.25) is 0 Å². The minimum atomic E-state index is -0.284. The van der Waals surface area contributed by atoms with Crippen molar-refractivity contribution in [1.29, 1.82) is 0 Å². The maximum atomic E-state index is 12.8. The molecule has 3 aromatic rings. The predicted molar refractivity (Wildman–Crippen MR) is 111 cm³/mol. The van der Waals surface area contributed by atoms with Crippen LogP contribution < -0.4 is 14.8 Å². The third-order valence-corrected chi connectivity index (χ3v) is 5.15. The first-order valence-electron chi connectivity index (χ1n) is 9.57. The van der Waals surface area contributed by atoms with Gasteiger partial charge < -0.3 is 24.1 Å². The second kappa shape index (κ2) is 8.32. The van der Waals surface area contributed by atoms with Gasteiger partial charge in [0.25, 0.3) is 11.8 Å². The SMILES string of the molecule is COc1ccc(C(=O)Nc2ccc3c(c2)CN(C(=O)c2ccco2)CC3)c(OC)c1. The van der Waals surface area contributed by atoms with E-state index in [2.05, 4.69) is 5.32 Å². The maximum absolute atomic E-state index is 12.8. The summed E-state index contributed by atoms with van der Waals surface area (Å²) in [5.41, 5.74) is 3.23. The molecule has 0 unspecified atom stereocenters. The quantitative estimate of drug-likeness (QED) is 0.698. The van der Waals surface area contributed by atoms with Gasteiger partial charge in [0.15, 0.2) is 5.76 Å². The molecular formula is C23H22N2O5. The zero-order chi connectivity index (χ0) is 21.1. The molecule has 30 heavy (non-hydrogen) atoms. The molecule has 1 aliphatic heterocycles. The molecule has 4 rings (SSSR count). The normalized spacial score (nSPS) is 12.8. The molecule has 1 N–H and O–H groups in total. The van der Waals surface area contributed by atoms with E-state index in [0.717, 1.165) is 12.0 Å². The first kappa shape index (κ1) is 19.6. The summed E-state index contributed by atoms with van der Waals surface area (Å²) in [5.74, 6) is 0.949. The van der Waals surface area contributed by atoms with Crippen molar-refractivity contribution in [3.63, 3.8) is 0 Å². The van der Waals surface area contributed by atoms with Crippen LogP contribution in [0.1, 0.15) is 32.0 Å². The second-order valence-electron chi connectivity index (χ2n) is 6.96. The number of carbonyl (C=O) groups is 2. The van der Waals surface area contributed by atoms with Crippen molar-refractivity contribution in [3.8, 4) is 11.5 Å². The molecule has 0 saturated heterocycles. The van der Waals surface area contributed by atoms with Gasteiger partial charge in [-0.3, -0.25) is 9.59 Å². The van der Waals surface area contributed by atoms with Crippen molar-refractivity contribution in [2.45, 2.75) is 13.0 Å². The number of nitrogens with zero attached hydrogens (tertiary/aromatic N) is 1. The number of carbonyl (C=O) groups excluding carboxylic acids is 2. The van der Waals surface area contributed by atoms with Crippen LogP contribution in [0.15, 0.2) is 59.2 Å². The molecule has 2 aromatic carbocycles. The number of benzene rings is 2. The fourth-order valence-corrected chi connectivity index (χ4v) is 3.55. The molecule has 0 atom stereocenters. The van der Waals surface area contributed by atoms with Crippen LogP contribution in [-0.2, 0) is 13.0 Å². The van der Waals surface area contributed by atoms with Gasteiger partial charge in [0, 0.05) is 24.8 Å². The topological polar surface area (TPSA) is 81.0 Å². The monoisotopic (exact) mass is 406 g/mol. The summed E-state index contributed by atoms with van der Waals surface area (Å²) in [6.45, 7) is 1.09. The number of hydrogen-bond acceptors (Lipinski definition) is 5. The molecule has 0 spiro atoms. The molecule has 0 radical (unpaired) electrons. The Labute approximate surface area is 174 Å². The standard InChI is InChI=1S/C23H22N2O5/c1-28-18-7-8-19(21(13-18)29-2)22(26)24-17-6-5-15-9-10-25(14-16(15)12-17)23(27)20-4-3-11-30-20/h3-8,11-13H,9-10,14H2,1-2H3,(H,24,26). The highest BCUT2D eigenvalue weighted by Crippen LogP contribution is 2.27. The van der Waals surface area contributed by atoms with Gasteiger partial charge in [0.1, 0.15) is 11.5 Å². The molecule has 0 fully saturated rings. The van der Waals surface area contributed by atoms with E-state index in [9.17, 15) is 9.59 Å². The maximum Gasteiger partial charge on any atom is 0.289 e. The van der Waals surface area contributed by atoms with Gasteiger partial charge in [0.05, 0.1) is 26.0 Å². The molecule has 1 aromatic heterocycles. The van der Waals surface area contributed by atoms with Gasteiger partial charge in [-0.15, -0.1) is 0 Å². The number of amides is 2. The lowest BCUT2D eigenvalue weighted by Gasteiger charge is -2.28. The zero-order valence-electron chi connectivity index (χ0n) is 16.8. The van der Waals surface area contributed by atoms with Crippen LogP contribution in [0.2, 0.25) is 0 Å². The minimum Gasteiger partial charge on any atom is -0.497 e. The Kier molecular flexibility index (Phi) is 5.43. The average molecular weight is 406 g/mol. The first-order valence-corrected chi connectivity index (χ1v) is 9.57. The van der Waals surface area contributed by atoms with Gasteiger partial charge in [-0.1, -0.05) is 6.07 Å². The third-order valence-electron chi connectivity index (χ3n) is 5.15. The van der Waals surface area contributed by atoms with Crippen molar-refractivity contribution in [3.05, 3.63) is 77.2 Å². The molecule has 7 nitrogen and oxygen atoms in total. The first-order chi connectivity index (χ1) is 14.6. The van der Waals surface area contributed by atoms with Crippen LogP contribution in [0.3, 0.4) is 0 Å². The Bertz CT molecular complexity index is 1080. The van der Waals surface area contributed by atoms with Crippen LogP contribution in [0, 0.1) is 0 Å². The predicted octanol–water partition coefficient (Wildman–Crippen LogP) is 3.75. The van der Waals surface area contributed by atoms with Gasteiger partial charge in [-0.25, -0.2) is 0 Å². The Balaban J connectivity index is 1.51. The van der Waals surface area contributed by atoms with E-state index in [0.29, 0.717) is 41.6 Å². The highest BCUT2D eigenvalue weighted by atomic mass is 16.5. The Hall–Kier alpha value is -3.74. The smallest absolute Gasteiger partial charge is 0.289 e. The van der Waals surface area contributed by atoms with Crippen molar-refractivity contribution < 1.29 is 23.5 Å². The molecule has 2 heterocycles. The van der Waals surface area contributed by atoms with Crippen LogP contribution in [0.4, 0.5) is 5.69 Å². The molecule has 7 heteroatoms. The lowest BCUT2D eigenvalue weighted by atomic mass is 9.98. The van der Waals surface area contributed by atoms with Crippen molar-refractivity contribution in [2.75, 3.05) is 26.1 Å². The van der Waals surface area contributed by atoms with E-state index in [-0.39, 0.29) is 11.8 Å². The number of methoxy groups -OCH3 is 2. The second-order valence-corrected chi connectivity index (χ2v) is 6.96. The molecule has 154 valence electrons. The molecule has 0 saturated carbocycles. The van der Waals surface area contributed by atoms with Gasteiger partial charge in [-0.05, 0) is 53.9 Å². The molecular weight excluding hydrogens is 384 g/mol. The largest absolute Gasteiger partial charge is 0.497 e. The molecule has 2 amide bonds. The summed E-state index contributed by atoms with van der Waals surface area (Å²) in [7, 11) is 3.07. The summed E-state index contributed by atoms with van der Waals surface area (Å²) < 4.78 is 15.7. The number of hydrogen-bond donors (Lipinski definition) is 1. The summed E-state index contributed by atoms with van der Waals surface area (Å²) in [6, 6.07) is 14.2. The lowest BCUT2D eigenvalue weighted by Crippen LogP contribution is -2.35. The minimum absolute atomic E-state index is 0.136. The van der Waals surface area contributed by atoms with E-state index in [1.165, 1.54) is 18.9 Å². The van der Waals surface area contributed by atoms with Crippen molar-refractivity contribution in [2.24, 2.45) is 0 Å². The van der Waals surface area contributed by atoms with Crippen molar-refractivity contribution >= 4 is 17.5 Å². The number of rotatable bonds is 5. The number of anilines is 1. The van der Waals surface area contributed by atoms with Crippen LogP contribution >= 0.6 is 0 Å². The number of fused-ring (bicyclic) bond motifs is 1. The fraction of sp³-hybridized carbons (Fsp3) is 0.217. The highest BCUT2D eigenvalue weighted by Gasteiger charge is 2.24. The number of furan rings is 1. The van der Waals surface area contributed by atoms with Gasteiger partial charge in [-0.2, -0.15) is 0 Å². The Morgan fingerprint density at radius 1 is 1.03 bits per heavy atom. The molecule has 0 bridgehead atoms. The molecule has 1 aliphatic rings. The van der Waals surface area contributed by atoms with E-state index in [4.69, 9.17) is 13.9 Å². The Morgan fingerprint density at radius 2 is 1.90 bits per heavy atom.